The van der Waals surface area contributed by atoms with Gasteiger partial charge in [-0.05, 0) is 48.7 Å². The van der Waals surface area contributed by atoms with Crippen molar-refractivity contribution < 1.29 is 9.53 Å². The lowest BCUT2D eigenvalue weighted by atomic mass is 10.1. The first kappa shape index (κ1) is 21.4. The van der Waals surface area contributed by atoms with Gasteiger partial charge in [-0.15, -0.1) is 12.6 Å². The topological polar surface area (TPSA) is 38.3 Å². The number of anilines is 1. The summed E-state index contributed by atoms with van der Waals surface area (Å²) >= 11 is 10.7. The van der Waals surface area contributed by atoms with Gasteiger partial charge in [-0.3, -0.25) is 0 Å². The van der Waals surface area contributed by atoms with Crippen LogP contribution in [-0.2, 0) is 17.8 Å². The van der Waals surface area contributed by atoms with Crippen molar-refractivity contribution in [2.75, 3.05) is 12.4 Å². The zero-order valence-corrected chi connectivity index (χ0v) is 16.9. The van der Waals surface area contributed by atoms with Gasteiger partial charge in [-0.2, -0.15) is 0 Å². The van der Waals surface area contributed by atoms with Crippen molar-refractivity contribution in [2.24, 2.45) is 0 Å². The molecule has 0 saturated carbocycles. The number of aryl methyl sites for hydroxylation is 2. The van der Waals surface area contributed by atoms with Crippen molar-refractivity contribution in [3.8, 4) is 5.75 Å². The highest BCUT2D eigenvalue weighted by atomic mass is 35.5. The van der Waals surface area contributed by atoms with E-state index in [4.69, 9.17) is 16.3 Å². The van der Waals surface area contributed by atoms with Crippen LogP contribution in [0.4, 0.5) is 5.69 Å². The Labute approximate surface area is 161 Å². The van der Waals surface area contributed by atoms with E-state index in [0.29, 0.717) is 18.1 Å². The third-order valence-corrected chi connectivity index (χ3v) is 4.52. The van der Waals surface area contributed by atoms with Crippen LogP contribution >= 0.6 is 24.2 Å². The largest absolute Gasteiger partial charge is 0.488 e. The molecule has 136 valence electrons. The molecule has 0 fully saturated rings. The Morgan fingerprint density at radius 3 is 2.52 bits per heavy atom. The summed E-state index contributed by atoms with van der Waals surface area (Å²) in [7, 11) is 1.88. The summed E-state index contributed by atoms with van der Waals surface area (Å²) in [6.07, 6.45) is 2.42. The Bertz CT molecular complexity index is 704. The molecule has 1 N–H and O–H groups in total. The Kier molecular flexibility index (Phi) is 9.46. The Hall–Kier alpha value is -1.65. The molecule has 0 spiro atoms. The fraction of sp³-hybridized carbons (Fsp3) is 0.350. The third kappa shape index (κ3) is 6.29. The first-order valence-electron chi connectivity index (χ1n) is 8.32. The highest BCUT2D eigenvalue weighted by Gasteiger charge is 2.10. The molecule has 0 saturated heterocycles. The van der Waals surface area contributed by atoms with Crippen LogP contribution in [0.1, 0.15) is 37.0 Å². The number of rotatable bonds is 6. The Balaban J connectivity index is 0.000000705. The minimum absolute atomic E-state index is 0.439. The molecule has 2 rings (SSSR count). The number of carbonyl (C=O) groups is 1. The summed E-state index contributed by atoms with van der Waals surface area (Å²) in [4.78, 5) is 10.2. The van der Waals surface area contributed by atoms with Gasteiger partial charge in [0.05, 0.1) is 0 Å². The number of hydrogen-bond donors (Lipinski definition) is 2. The van der Waals surface area contributed by atoms with Crippen molar-refractivity contribution in [1.29, 1.82) is 0 Å². The maximum Gasteiger partial charge on any atom is 0.123 e. The SMILES string of the molecule is CCC=O.CCc1cc(S)c(C)cc1OCc1c(Cl)cccc1NC. The van der Waals surface area contributed by atoms with Crippen molar-refractivity contribution >= 4 is 36.2 Å². The average molecular weight is 380 g/mol. The molecule has 0 unspecified atom stereocenters. The Morgan fingerprint density at radius 2 is 1.96 bits per heavy atom. The van der Waals surface area contributed by atoms with Gasteiger partial charge in [0, 0.05) is 34.6 Å². The molecule has 0 aliphatic carbocycles. The van der Waals surface area contributed by atoms with Crippen molar-refractivity contribution in [1.82, 2.24) is 0 Å². The standard InChI is InChI=1S/C17H20ClNOS.C3H6O/c1-4-12-9-17(21)11(2)8-16(12)20-10-13-14(18)6-5-7-15(13)19-3;1-2-3-4/h5-9,19,21H,4,10H2,1-3H3;3H,2H2,1H3. The number of hydrogen-bond acceptors (Lipinski definition) is 4. The summed E-state index contributed by atoms with van der Waals surface area (Å²) < 4.78 is 6.01. The van der Waals surface area contributed by atoms with Crippen LogP contribution in [-0.4, -0.2) is 13.3 Å². The van der Waals surface area contributed by atoms with E-state index in [1.807, 2.05) is 45.2 Å². The Morgan fingerprint density at radius 1 is 1.28 bits per heavy atom. The zero-order valence-electron chi connectivity index (χ0n) is 15.2. The predicted octanol–water partition coefficient (Wildman–Crippen LogP) is 5.72. The lowest BCUT2D eigenvalue weighted by molar-refractivity contribution is -0.107. The molecule has 25 heavy (non-hydrogen) atoms. The summed E-state index contributed by atoms with van der Waals surface area (Å²) in [5.74, 6) is 0.898. The second-order valence-electron chi connectivity index (χ2n) is 5.48. The number of aldehydes is 1. The van der Waals surface area contributed by atoms with Gasteiger partial charge in [0.25, 0.3) is 0 Å². The maximum atomic E-state index is 9.17. The van der Waals surface area contributed by atoms with E-state index in [1.165, 1.54) is 0 Å². The first-order chi connectivity index (χ1) is 12.0. The highest BCUT2D eigenvalue weighted by molar-refractivity contribution is 7.80. The van der Waals surface area contributed by atoms with Crippen LogP contribution < -0.4 is 10.1 Å². The molecule has 0 radical (unpaired) electrons. The van der Waals surface area contributed by atoms with Gasteiger partial charge < -0.3 is 14.8 Å². The number of thiol groups is 1. The average Bonchev–Trinajstić information content (AvgIpc) is 2.63. The molecule has 0 aliphatic heterocycles. The van der Waals surface area contributed by atoms with Crippen LogP contribution in [0.5, 0.6) is 5.75 Å². The molecular formula is C20H26ClNO2S. The molecule has 2 aromatic rings. The van der Waals surface area contributed by atoms with Crippen molar-refractivity contribution in [2.45, 2.75) is 45.1 Å². The van der Waals surface area contributed by atoms with Crippen LogP contribution in [0.15, 0.2) is 35.2 Å². The lowest BCUT2D eigenvalue weighted by Gasteiger charge is -2.15. The fourth-order valence-corrected chi connectivity index (χ4v) is 2.66. The molecular weight excluding hydrogens is 354 g/mol. The molecule has 0 aliphatic rings. The number of halogens is 1. The second-order valence-corrected chi connectivity index (χ2v) is 6.37. The third-order valence-electron chi connectivity index (χ3n) is 3.69. The van der Waals surface area contributed by atoms with E-state index >= 15 is 0 Å². The van der Waals surface area contributed by atoms with E-state index in [-0.39, 0.29) is 0 Å². The van der Waals surface area contributed by atoms with E-state index in [2.05, 4.69) is 30.9 Å². The smallest absolute Gasteiger partial charge is 0.123 e. The summed E-state index contributed by atoms with van der Waals surface area (Å²) in [5, 5.41) is 3.86. The molecule has 2 aromatic carbocycles. The minimum Gasteiger partial charge on any atom is -0.488 e. The molecule has 0 aromatic heterocycles. The highest BCUT2D eigenvalue weighted by Crippen LogP contribution is 2.29. The van der Waals surface area contributed by atoms with Gasteiger partial charge in [0.2, 0.25) is 0 Å². The van der Waals surface area contributed by atoms with Gasteiger partial charge in [-0.25, -0.2) is 0 Å². The number of ether oxygens (including phenoxy) is 1. The van der Waals surface area contributed by atoms with Crippen LogP contribution in [0.2, 0.25) is 5.02 Å². The van der Waals surface area contributed by atoms with Crippen LogP contribution in [0.3, 0.4) is 0 Å². The van der Waals surface area contributed by atoms with Gasteiger partial charge in [0.1, 0.15) is 18.6 Å². The monoisotopic (exact) mass is 379 g/mol. The number of nitrogens with one attached hydrogen (secondary N) is 1. The molecule has 5 heteroatoms. The summed E-state index contributed by atoms with van der Waals surface area (Å²) in [6, 6.07) is 9.91. The first-order valence-corrected chi connectivity index (χ1v) is 9.14. The maximum absolute atomic E-state index is 9.17. The molecule has 3 nitrogen and oxygen atoms in total. The fourth-order valence-electron chi connectivity index (χ4n) is 2.21. The zero-order chi connectivity index (χ0) is 18.8. The minimum atomic E-state index is 0.439. The van der Waals surface area contributed by atoms with Crippen molar-refractivity contribution in [3.63, 3.8) is 0 Å². The second kappa shape index (κ2) is 11.1. The summed E-state index contributed by atoms with van der Waals surface area (Å²) in [5.41, 5.74) is 4.22. The van der Waals surface area contributed by atoms with E-state index in [9.17, 15) is 4.79 Å². The van der Waals surface area contributed by atoms with Crippen LogP contribution in [0.25, 0.3) is 0 Å². The van der Waals surface area contributed by atoms with E-state index in [0.717, 1.165) is 45.7 Å². The van der Waals surface area contributed by atoms with E-state index < -0.39 is 0 Å². The van der Waals surface area contributed by atoms with Crippen molar-refractivity contribution in [3.05, 3.63) is 52.0 Å². The molecule has 0 amide bonds. The van der Waals surface area contributed by atoms with Crippen LogP contribution in [0, 0.1) is 6.92 Å². The molecule has 0 bridgehead atoms. The summed E-state index contributed by atoms with van der Waals surface area (Å²) in [6.45, 7) is 6.39. The normalized spacial score (nSPS) is 9.84. The predicted molar refractivity (Wildman–Crippen MR) is 109 cm³/mol. The lowest BCUT2D eigenvalue weighted by Crippen LogP contribution is -2.03. The van der Waals surface area contributed by atoms with E-state index in [1.54, 1.807) is 0 Å². The van der Waals surface area contributed by atoms with Gasteiger partial charge in [-0.1, -0.05) is 31.5 Å². The molecule has 0 atom stereocenters. The number of carbonyl (C=O) groups excluding carboxylic acids is 1. The molecule has 0 heterocycles. The van der Waals surface area contributed by atoms with Gasteiger partial charge >= 0.3 is 0 Å². The quantitative estimate of drug-likeness (QED) is 0.498. The van der Waals surface area contributed by atoms with Gasteiger partial charge in [0.15, 0.2) is 0 Å². The number of benzene rings is 2.